The van der Waals surface area contributed by atoms with Gasteiger partial charge in [0.05, 0.1) is 5.60 Å². The topological polar surface area (TPSA) is 21.3 Å². The summed E-state index contributed by atoms with van der Waals surface area (Å²) >= 11 is 0. The van der Waals surface area contributed by atoms with Crippen molar-refractivity contribution in [2.75, 3.05) is 20.2 Å². The van der Waals surface area contributed by atoms with Crippen molar-refractivity contribution in [3.63, 3.8) is 0 Å². The number of hydrogen-bond acceptors (Lipinski definition) is 2. The minimum atomic E-state index is -0.0406. The molecule has 84 valence electrons. The molecule has 0 aromatic rings. The lowest BCUT2D eigenvalue weighted by molar-refractivity contribution is 0.0234. The first kappa shape index (κ1) is 13.7. The summed E-state index contributed by atoms with van der Waals surface area (Å²) in [7, 11) is 1.76. The Balaban J connectivity index is 3.17. The van der Waals surface area contributed by atoms with Crippen LogP contribution in [0.2, 0.25) is 0 Å². The highest BCUT2D eigenvalue weighted by Gasteiger charge is 2.14. The molecule has 0 radical (unpaired) electrons. The second kappa shape index (κ2) is 8.01. The number of unbranched alkanes of at least 4 members (excludes halogenated alkanes) is 3. The van der Waals surface area contributed by atoms with Gasteiger partial charge in [0.1, 0.15) is 0 Å². The molecule has 14 heavy (non-hydrogen) atoms. The highest BCUT2D eigenvalue weighted by Crippen LogP contribution is 2.05. The summed E-state index contributed by atoms with van der Waals surface area (Å²) in [6, 6.07) is 0. The van der Waals surface area contributed by atoms with E-state index >= 15 is 0 Å². The van der Waals surface area contributed by atoms with Crippen molar-refractivity contribution in [3.8, 4) is 0 Å². The molecular weight excluding hydrogens is 174 g/mol. The largest absolute Gasteiger partial charge is 0.377 e. The first-order chi connectivity index (χ1) is 6.62. The minimum absolute atomic E-state index is 0.0406. The lowest BCUT2D eigenvalue weighted by atomic mass is 10.1. The standard InChI is InChI=1S/C12H25NO/c1-5-6-7-8-9-10-13-11-12(2,3)14-4/h5,13H,1,6-11H2,2-4H3. The van der Waals surface area contributed by atoms with Crippen LogP contribution in [0.5, 0.6) is 0 Å². The molecule has 0 amide bonds. The van der Waals surface area contributed by atoms with E-state index < -0.39 is 0 Å². The van der Waals surface area contributed by atoms with Crippen molar-refractivity contribution in [2.24, 2.45) is 0 Å². The average Bonchev–Trinajstić information content (AvgIpc) is 2.16. The summed E-state index contributed by atoms with van der Waals surface area (Å²) in [5, 5.41) is 3.40. The van der Waals surface area contributed by atoms with Gasteiger partial charge in [0, 0.05) is 13.7 Å². The SMILES string of the molecule is C=CCCCCCNCC(C)(C)OC. The Morgan fingerprint density at radius 3 is 2.57 bits per heavy atom. The molecule has 0 saturated carbocycles. The van der Waals surface area contributed by atoms with Gasteiger partial charge >= 0.3 is 0 Å². The van der Waals surface area contributed by atoms with Gasteiger partial charge in [0.2, 0.25) is 0 Å². The Morgan fingerprint density at radius 1 is 1.29 bits per heavy atom. The van der Waals surface area contributed by atoms with Crippen LogP contribution in [0, 0.1) is 0 Å². The molecule has 0 rings (SSSR count). The molecule has 0 unspecified atom stereocenters. The van der Waals surface area contributed by atoms with Gasteiger partial charge in [-0.3, -0.25) is 0 Å². The zero-order chi connectivity index (χ0) is 10.9. The van der Waals surface area contributed by atoms with E-state index in [0.29, 0.717) is 0 Å². The van der Waals surface area contributed by atoms with Gasteiger partial charge in [-0.15, -0.1) is 6.58 Å². The molecular formula is C12H25NO. The summed E-state index contributed by atoms with van der Waals surface area (Å²) < 4.78 is 5.31. The zero-order valence-electron chi connectivity index (χ0n) is 9.94. The van der Waals surface area contributed by atoms with E-state index in [4.69, 9.17) is 4.74 Å². The summed E-state index contributed by atoms with van der Waals surface area (Å²) in [5.74, 6) is 0. The summed E-state index contributed by atoms with van der Waals surface area (Å²) in [6.45, 7) is 9.90. The van der Waals surface area contributed by atoms with Crippen molar-refractivity contribution < 1.29 is 4.74 Å². The number of hydrogen-bond donors (Lipinski definition) is 1. The summed E-state index contributed by atoms with van der Waals surface area (Å²) in [6.07, 6.45) is 6.92. The van der Waals surface area contributed by atoms with Crippen molar-refractivity contribution in [1.29, 1.82) is 0 Å². The third kappa shape index (κ3) is 8.27. The fraction of sp³-hybridized carbons (Fsp3) is 0.833. The van der Waals surface area contributed by atoms with E-state index in [1.54, 1.807) is 7.11 Å². The van der Waals surface area contributed by atoms with Crippen molar-refractivity contribution >= 4 is 0 Å². The fourth-order valence-corrected chi connectivity index (χ4v) is 1.18. The van der Waals surface area contributed by atoms with Crippen LogP contribution in [-0.2, 0) is 4.74 Å². The highest BCUT2D eigenvalue weighted by atomic mass is 16.5. The van der Waals surface area contributed by atoms with Crippen LogP contribution in [0.3, 0.4) is 0 Å². The van der Waals surface area contributed by atoms with Crippen molar-refractivity contribution in [2.45, 2.75) is 45.1 Å². The molecule has 0 aromatic carbocycles. The van der Waals surface area contributed by atoms with Crippen LogP contribution < -0.4 is 5.32 Å². The highest BCUT2D eigenvalue weighted by molar-refractivity contribution is 4.71. The maximum atomic E-state index is 5.31. The smallest absolute Gasteiger partial charge is 0.0746 e. The Bertz CT molecular complexity index is 143. The van der Waals surface area contributed by atoms with Crippen LogP contribution in [0.25, 0.3) is 0 Å². The van der Waals surface area contributed by atoms with Crippen molar-refractivity contribution in [3.05, 3.63) is 12.7 Å². The molecule has 1 N–H and O–H groups in total. The molecule has 0 aliphatic rings. The van der Waals surface area contributed by atoms with Gasteiger partial charge in [-0.25, -0.2) is 0 Å². The molecule has 0 heterocycles. The number of allylic oxidation sites excluding steroid dienone is 1. The summed E-state index contributed by atoms with van der Waals surface area (Å²) in [4.78, 5) is 0. The Labute approximate surface area is 88.7 Å². The maximum absolute atomic E-state index is 5.31. The van der Waals surface area contributed by atoms with Crippen LogP contribution in [0.1, 0.15) is 39.5 Å². The van der Waals surface area contributed by atoms with Gasteiger partial charge in [-0.05, 0) is 39.7 Å². The maximum Gasteiger partial charge on any atom is 0.0746 e. The molecule has 0 aliphatic carbocycles. The summed E-state index contributed by atoms with van der Waals surface area (Å²) in [5.41, 5.74) is -0.0406. The molecule has 2 nitrogen and oxygen atoms in total. The molecule has 0 fully saturated rings. The van der Waals surface area contributed by atoms with E-state index in [1.807, 2.05) is 6.08 Å². The lowest BCUT2D eigenvalue weighted by Gasteiger charge is -2.23. The normalized spacial score (nSPS) is 11.6. The second-order valence-corrected chi connectivity index (χ2v) is 4.28. The third-order valence-electron chi connectivity index (χ3n) is 2.37. The molecule has 0 bridgehead atoms. The Kier molecular flexibility index (Phi) is 7.81. The Hall–Kier alpha value is -0.340. The van der Waals surface area contributed by atoms with Gasteiger partial charge < -0.3 is 10.1 Å². The second-order valence-electron chi connectivity index (χ2n) is 4.28. The van der Waals surface area contributed by atoms with Crippen LogP contribution in [-0.4, -0.2) is 25.8 Å². The number of nitrogens with one attached hydrogen (secondary N) is 1. The van der Waals surface area contributed by atoms with E-state index in [0.717, 1.165) is 19.5 Å². The molecule has 0 spiro atoms. The van der Waals surface area contributed by atoms with Crippen molar-refractivity contribution in [1.82, 2.24) is 5.32 Å². The first-order valence-electron chi connectivity index (χ1n) is 5.49. The molecule has 0 aromatic heterocycles. The quantitative estimate of drug-likeness (QED) is 0.455. The minimum Gasteiger partial charge on any atom is -0.377 e. The van der Waals surface area contributed by atoms with Gasteiger partial charge in [0.25, 0.3) is 0 Å². The molecule has 2 heteroatoms. The predicted molar refractivity (Wildman–Crippen MR) is 62.6 cm³/mol. The van der Waals surface area contributed by atoms with E-state index in [2.05, 4.69) is 25.7 Å². The number of ether oxygens (including phenoxy) is 1. The van der Waals surface area contributed by atoms with Gasteiger partial charge in [0.15, 0.2) is 0 Å². The number of methoxy groups -OCH3 is 1. The van der Waals surface area contributed by atoms with E-state index in [-0.39, 0.29) is 5.60 Å². The Morgan fingerprint density at radius 2 is 2.00 bits per heavy atom. The predicted octanol–water partition coefficient (Wildman–Crippen LogP) is 2.75. The van der Waals surface area contributed by atoms with Crippen LogP contribution in [0.4, 0.5) is 0 Å². The molecule has 0 aliphatic heterocycles. The molecule has 0 atom stereocenters. The monoisotopic (exact) mass is 199 g/mol. The van der Waals surface area contributed by atoms with Gasteiger partial charge in [-0.2, -0.15) is 0 Å². The third-order valence-corrected chi connectivity index (χ3v) is 2.37. The van der Waals surface area contributed by atoms with Gasteiger partial charge in [-0.1, -0.05) is 12.5 Å². The van der Waals surface area contributed by atoms with Crippen LogP contribution >= 0.6 is 0 Å². The molecule has 0 saturated heterocycles. The van der Waals surface area contributed by atoms with Crippen LogP contribution in [0.15, 0.2) is 12.7 Å². The van der Waals surface area contributed by atoms with E-state index in [9.17, 15) is 0 Å². The number of rotatable bonds is 9. The zero-order valence-corrected chi connectivity index (χ0v) is 9.94. The lowest BCUT2D eigenvalue weighted by Crippen LogP contribution is -2.37. The first-order valence-corrected chi connectivity index (χ1v) is 5.49. The average molecular weight is 199 g/mol. The fourth-order valence-electron chi connectivity index (χ4n) is 1.18. The van der Waals surface area contributed by atoms with E-state index in [1.165, 1.54) is 19.3 Å².